The lowest BCUT2D eigenvalue weighted by molar-refractivity contribution is -0.127. The molecule has 2 N–H and O–H groups in total. The van der Waals surface area contributed by atoms with E-state index >= 15 is 0 Å². The monoisotopic (exact) mass is 281 g/mol. The average molecular weight is 281 g/mol. The number of carbonyl (C=O) groups is 2. The maximum atomic E-state index is 11.7. The molecule has 0 spiro atoms. The summed E-state index contributed by atoms with van der Waals surface area (Å²) in [5.74, 6) is -0.866. The average Bonchev–Trinajstić information content (AvgIpc) is 2.44. The van der Waals surface area contributed by atoms with Crippen molar-refractivity contribution in [1.29, 1.82) is 0 Å². The van der Waals surface area contributed by atoms with Gasteiger partial charge in [-0.2, -0.15) is 0 Å². The van der Waals surface area contributed by atoms with Gasteiger partial charge in [0.1, 0.15) is 17.1 Å². The molecule has 0 saturated heterocycles. The first kappa shape index (κ1) is 15.8. The zero-order chi connectivity index (χ0) is 15.1. The zero-order valence-corrected chi connectivity index (χ0v) is 11.8. The number of methoxy groups -OCH3 is 1. The number of aromatic carboxylic acids is 1. The maximum absolute atomic E-state index is 11.7. The number of rotatable bonds is 7. The minimum Gasteiger partial charge on any atom is -0.497 e. The van der Waals surface area contributed by atoms with Gasteiger partial charge in [-0.3, -0.25) is 4.79 Å². The van der Waals surface area contributed by atoms with Crippen LogP contribution in [0.5, 0.6) is 11.5 Å². The van der Waals surface area contributed by atoms with Gasteiger partial charge in [0.15, 0.2) is 6.10 Å². The molecule has 0 aliphatic carbocycles. The summed E-state index contributed by atoms with van der Waals surface area (Å²) in [6, 6.07) is 4.42. The summed E-state index contributed by atoms with van der Waals surface area (Å²) >= 11 is 0. The van der Waals surface area contributed by atoms with E-state index in [0.29, 0.717) is 12.3 Å². The van der Waals surface area contributed by atoms with Crippen LogP contribution in [0.4, 0.5) is 0 Å². The number of carboxylic acids is 1. The van der Waals surface area contributed by atoms with Crippen LogP contribution >= 0.6 is 0 Å². The summed E-state index contributed by atoms with van der Waals surface area (Å²) < 4.78 is 10.4. The Kier molecular flexibility index (Phi) is 5.83. The number of nitrogens with one attached hydrogen (secondary N) is 1. The Morgan fingerprint density at radius 1 is 1.40 bits per heavy atom. The molecule has 20 heavy (non-hydrogen) atoms. The second-order valence-corrected chi connectivity index (χ2v) is 4.22. The molecule has 0 aliphatic rings. The number of hydrogen-bond acceptors (Lipinski definition) is 4. The van der Waals surface area contributed by atoms with Crippen LogP contribution in [0.1, 0.15) is 30.6 Å². The lowest BCUT2D eigenvalue weighted by atomic mass is 10.2. The van der Waals surface area contributed by atoms with Gasteiger partial charge in [-0.05, 0) is 31.5 Å². The summed E-state index contributed by atoms with van der Waals surface area (Å²) in [6.45, 7) is 4.07. The predicted octanol–water partition coefficient (Wildman–Crippen LogP) is 1.69. The van der Waals surface area contributed by atoms with Crippen LogP contribution < -0.4 is 14.8 Å². The molecule has 0 aliphatic heterocycles. The Hall–Kier alpha value is -2.24. The number of ether oxygens (including phenoxy) is 2. The van der Waals surface area contributed by atoms with Gasteiger partial charge in [-0.1, -0.05) is 6.92 Å². The summed E-state index contributed by atoms with van der Waals surface area (Å²) in [7, 11) is 1.45. The van der Waals surface area contributed by atoms with Crippen molar-refractivity contribution in [3.05, 3.63) is 23.8 Å². The number of benzene rings is 1. The van der Waals surface area contributed by atoms with Gasteiger partial charge in [0.2, 0.25) is 0 Å². The molecule has 0 fully saturated rings. The van der Waals surface area contributed by atoms with Crippen LogP contribution in [-0.2, 0) is 4.79 Å². The molecule has 6 heteroatoms. The van der Waals surface area contributed by atoms with Crippen molar-refractivity contribution in [2.75, 3.05) is 13.7 Å². The van der Waals surface area contributed by atoms with E-state index < -0.39 is 12.1 Å². The van der Waals surface area contributed by atoms with Crippen molar-refractivity contribution in [2.45, 2.75) is 26.4 Å². The molecule has 1 rings (SSSR count). The highest BCUT2D eigenvalue weighted by atomic mass is 16.5. The van der Waals surface area contributed by atoms with Crippen LogP contribution in [0.2, 0.25) is 0 Å². The van der Waals surface area contributed by atoms with E-state index in [1.165, 1.54) is 19.2 Å². The molecular weight excluding hydrogens is 262 g/mol. The molecular formula is C14H19NO5. The van der Waals surface area contributed by atoms with E-state index in [4.69, 9.17) is 14.6 Å². The predicted molar refractivity (Wildman–Crippen MR) is 73.3 cm³/mol. The van der Waals surface area contributed by atoms with E-state index in [1.54, 1.807) is 13.0 Å². The van der Waals surface area contributed by atoms with Crippen LogP contribution in [0, 0.1) is 0 Å². The highest BCUT2D eigenvalue weighted by molar-refractivity contribution is 5.91. The second kappa shape index (κ2) is 7.37. The smallest absolute Gasteiger partial charge is 0.339 e. The molecule has 0 saturated carbocycles. The molecule has 0 aromatic heterocycles. The molecule has 1 amide bonds. The van der Waals surface area contributed by atoms with Gasteiger partial charge in [-0.25, -0.2) is 4.79 Å². The molecule has 0 heterocycles. The third kappa shape index (κ3) is 4.15. The van der Waals surface area contributed by atoms with Crippen molar-refractivity contribution in [3.63, 3.8) is 0 Å². The fourth-order valence-corrected chi connectivity index (χ4v) is 1.54. The normalized spacial score (nSPS) is 11.6. The Labute approximate surface area is 117 Å². The van der Waals surface area contributed by atoms with Gasteiger partial charge in [-0.15, -0.1) is 0 Å². The Bertz CT molecular complexity index is 486. The summed E-state index contributed by atoms with van der Waals surface area (Å²) in [5.41, 5.74) is -0.0421. The van der Waals surface area contributed by atoms with Crippen LogP contribution in [0.3, 0.4) is 0 Å². The maximum Gasteiger partial charge on any atom is 0.339 e. The standard InChI is InChI=1S/C14H19NO5/c1-4-7-15-13(16)9(2)20-12-6-5-10(19-3)8-11(12)14(17)18/h5-6,8-9H,4,7H2,1-3H3,(H,15,16)(H,17,18). The minimum atomic E-state index is -1.14. The number of carbonyl (C=O) groups excluding carboxylic acids is 1. The van der Waals surface area contributed by atoms with Gasteiger partial charge in [0.25, 0.3) is 5.91 Å². The summed E-state index contributed by atoms with van der Waals surface area (Å²) in [5, 5.41) is 11.8. The van der Waals surface area contributed by atoms with Gasteiger partial charge in [0.05, 0.1) is 7.11 Å². The number of amides is 1. The number of carboxylic acid groups (broad SMARTS) is 1. The Morgan fingerprint density at radius 2 is 2.10 bits per heavy atom. The van der Waals surface area contributed by atoms with E-state index in [-0.39, 0.29) is 17.2 Å². The fraction of sp³-hybridized carbons (Fsp3) is 0.429. The lowest BCUT2D eigenvalue weighted by Gasteiger charge is -2.16. The van der Waals surface area contributed by atoms with Crippen LogP contribution in [0.25, 0.3) is 0 Å². The first-order valence-corrected chi connectivity index (χ1v) is 6.35. The fourth-order valence-electron chi connectivity index (χ4n) is 1.54. The molecule has 110 valence electrons. The summed E-state index contributed by atoms with van der Waals surface area (Å²) in [6.07, 6.45) is 0.0505. The third-order valence-corrected chi connectivity index (χ3v) is 2.64. The van der Waals surface area contributed by atoms with Crippen molar-refractivity contribution in [2.24, 2.45) is 0 Å². The molecule has 1 aromatic rings. The van der Waals surface area contributed by atoms with Crippen molar-refractivity contribution in [1.82, 2.24) is 5.32 Å². The van der Waals surface area contributed by atoms with Crippen molar-refractivity contribution in [3.8, 4) is 11.5 Å². The SMILES string of the molecule is CCCNC(=O)C(C)Oc1ccc(OC)cc1C(=O)O. The quantitative estimate of drug-likeness (QED) is 0.794. The Morgan fingerprint density at radius 3 is 2.65 bits per heavy atom. The summed E-state index contributed by atoms with van der Waals surface area (Å²) in [4.78, 5) is 22.9. The Balaban J connectivity index is 2.86. The van der Waals surface area contributed by atoms with Gasteiger partial charge in [0, 0.05) is 6.54 Å². The molecule has 0 radical (unpaired) electrons. The van der Waals surface area contributed by atoms with E-state index in [2.05, 4.69) is 5.32 Å². The van der Waals surface area contributed by atoms with E-state index in [1.807, 2.05) is 6.92 Å². The third-order valence-electron chi connectivity index (χ3n) is 2.64. The molecule has 1 atom stereocenters. The highest BCUT2D eigenvalue weighted by Gasteiger charge is 2.19. The number of hydrogen-bond donors (Lipinski definition) is 2. The van der Waals surface area contributed by atoms with Gasteiger partial charge < -0.3 is 19.9 Å². The highest BCUT2D eigenvalue weighted by Crippen LogP contribution is 2.25. The van der Waals surface area contributed by atoms with E-state index in [9.17, 15) is 9.59 Å². The van der Waals surface area contributed by atoms with E-state index in [0.717, 1.165) is 6.42 Å². The topological polar surface area (TPSA) is 84.9 Å². The lowest BCUT2D eigenvalue weighted by Crippen LogP contribution is -2.36. The second-order valence-electron chi connectivity index (χ2n) is 4.22. The minimum absolute atomic E-state index is 0.0421. The van der Waals surface area contributed by atoms with Gasteiger partial charge >= 0.3 is 5.97 Å². The first-order chi connectivity index (χ1) is 9.49. The van der Waals surface area contributed by atoms with Crippen molar-refractivity contribution >= 4 is 11.9 Å². The molecule has 0 bridgehead atoms. The molecule has 1 unspecified atom stereocenters. The van der Waals surface area contributed by atoms with Crippen molar-refractivity contribution < 1.29 is 24.2 Å². The largest absolute Gasteiger partial charge is 0.497 e. The zero-order valence-electron chi connectivity index (χ0n) is 11.8. The van der Waals surface area contributed by atoms with Crippen LogP contribution in [0.15, 0.2) is 18.2 Å². The first-order valence-electron chi connectivity index (χ1n) is 6.35. The van der Waals surface area contributed by atoms with Crippen LogP contribution in [-0.4, -0.2) is 36.7 Å². The molecule has 1 aromatic carbocycles. The molecule has 6 nitrogen and oxygen atoms in total.